The molecule has 0 bridgehead atoms. The van der Waals surface area contributed by atoms with Gasteiger partial charge in [0.1, 0.15) is 11.0 Å². The van der Waals surface area contributed by atoms with Crippen LogP contribution in [0.15, 0.2) is 58.4 Å². The van der Waals surface area contributed by atoms with Crippen LogP contribution < -0.4 is 9.77 Å². The number of hydrogen-bond acceptors (Lipinski definition) is 6. The molecule has 1 fully saturated rings. The van der Waals surface area contributed by atoms with Gasteiger partial charge >= 0.3 is 4.87 Å². The van der Waals surface area contributed by atoms with Gasteiger partial charge in [-0.05, 0) is 42.0 Å². The maximum absolute atomic E-state index is 13.4. The first kappa shape index (κ1) is 18.5. The normalized spacial score (nSPS) is 23.2. The molecule has 1 aromatic heterocycles. The molecule has 2 aliphatic rings. The van der Waals surface area contributed by atoms with Gasteiger partial charge in [-0.15, -0.1) is 0 Å². The van der Waals surface area contributed by atoms with Crippen molar-refractivity contribution in [1.82, 2.24) is 4.98 Å². The molecule has 0 radical (unpaired) electrons. The molecule has 3 heterocycles. The van der Waals surface area contributed by atoms with E-state index in [0.717, 1.165) is 21.8 Å². The van der Waals surface area contributed by atoms with E-state index in [1.165, 1.54) is 16.7 Å². The van der Waals surface area contributed by atoms with Gasteiger partial charge in [0.2, 0.25) is 11.8 Å². The lowest BCUT2D eigenvalue weighted by atomic mass is 9.83. The highest BCUT2D eigenvalue weighted by Crippen LogP contribution is 2.53. The number of thiazole rings is 1. The van der Waals surface area contributed by atoms with Crippen LogP contribution in [0.3, 0.4) is 0 Å². The summed E-state index contributed by atoms with van der Waals surface area (Å²) in [5.41, 5.74) is 1.24. The molecule has 2 amide bonds. The molecule has 146 valence electrons. The van der Waals surface area contributed by atoms with Crippen molar-refractivity contribution in [3.05, 3.63) is 73.7 Å². The fourth-order valence-corrected chi connectivity index (χ4v) is 6.54. The smallest absolute Gasteiger partial charge is 0.305 e. The molecule has 2 N–H and O–H groups in total. The Hall–Kier alpha value is -2.55. The Labute approximate surface area is 178 Å². The predicted octanol–water partition coefficient (Wildman–Crippen LogP) is 3.59. The number of phenolic OH excluding ortho intramolecular Hbond substituents is 1. The molecule has 2 aliphatic heterocycles. The fraction of sp³-hybridized carbons (Fsp3) is 0.150. The number of H-pyrrole nitrogens is 1. The predicted molar refractivity (Wildman–Crippen MR) is 112 cm³/mol. The van der Waals surface area contributed by atoms with Crippen LogP contribution in [-0.2, 0) is 9.59 Å². The van der Waals surface area contributed by atoms with Crippen molar-refractivity contribution in [3.8, 4) is 5.75 Å². The Bertz CT molecular complexity index is 1190. The molecule has 0 unspecified atom stereocenters. The van der Waals surface area contributed by atoms with Crippen molar-refractivity contribution in [3.63, 3.8) is 0 Å². The number of carbonyl (C=O) groups excluding carboxylic acids is 2. The van der Waals surface area contributed by atoms with Crippen molar-refractivity contribution < 1.29 is 14.7 Å². The lowest BCUT2D eigenvalue weighted by Crippen LogP contribution is -2.32. The number of rotatable bonds is 2. The zero-order valence-corrected chi connectivity index (χ0v) is 17.1. The minimum atomic E-state index is -0.647. The maximum atomic E-state index is 13.4. The summed E-state index contributed by atoms with van der Waals surface area (Å²) in [7, 11) is 0. The van der Waals surface area contributed by atoms with E-state index in [2.05, 4.69) is 4.98 Å². The first-order valence-electron chi connectivity index (χ1n) is 8.76. The Morgan fingerprint density at radius 1 is 0.966 bits per heavy atom. The zero-order chi connectivity index (χ0) is 20.3. The summed E-state index contributed by atoms with van der Waals surface area (Å²) < 4.78 is 0. The molecule has 1 saturated heterocycles. The number of halogens is 1. The highest BCUT2D eigenvalue weighted by atomic mass is 35.5. The van der Waals surface area contributed by atoms with Crippen molar-refractivity contribution in [1.29, 1.82) is 0 Å². The molecule has 0 spiro atoms. The number of anilines is 1. The van der Waals surface area contributed by atoms with E-state index >= 15 is 0 Å². The summed E-state index contributed by atoms with van der Waals surface area (Å²) in [6.07, 6.45) is 0. The fourth-order valence-electron chi connectivity index (χ4n) is 3.90. The zero-order valence-electron chi connectivity index (χ0n) is 14.7. The molecule has 0 aliphatic carbocycles. The molecular formula is C20H13ClN2O4S2. The van der Waals surface area contributed by atoms with E-state index in [-0.39, 0.29) is 22.4 Å². The number of hydrogen-bond donors (Lipinski definition) is 2. The number of carbonyl (C=O) groups is 2. The Morgan fingerprint density at radius 3 is 2.34 bits per heavy atom. The van der Waals surface area contributed by atoms with Crippen LogP contribution >= 0.6 is 34.7 Å². The third kappa shape index (κ3) is 2.90. The van der Waals surface area contributed by atoms with Gasteiger partial charge in [0.15, 0.2) is 0 Å². The van der Waals surface area contributed by atoms with Gasteiger partial charge in [-0.25, -0.2) is 4.90 Å². The third-order valence-corrected chi connectivity index (χ3v) is 7.81. The lowest BCUT2D eigenvalue weighted by Gasteiger charge is -2.29. The quantitative estimate of drug-likeness (QED) is 0.589. The summed E-state index contributed by atoms with van der Waals surface area (Å²) in [6, 6.07) is 13.1. The average Bonchev–Trinajstić information content (AvgIpc) is 3.19. The Balaban J connectivity index is 1.64. The highest BCUT2D eigenvalue weighted by molar-refractivity contribution is 8.00. The van der Waals surface area contributed by atoms with Crippen molar-refractivity contribution in [2.45, 2.75) is 16.2 Å². The third-order valence-electron chi connectivity index (χ3n) is 5.16. The molecule has 3 aromatic rings. The number of nitrogens with zero attached hydrogens (tertiary/aromatic N) is 1. The number of aromatic hydroxyl groups is 1. The van der Waals surface area contributed by atoms with E-state index in [1.807, 2.05) is 0 Å². The largest absolute Gasteiger partial charge is 0.508 e. The molecule has 2 aromatic carbocycles. The summed E-state index contributed by atoms with van der Waals surface area (Å²) in [6.45, 7) is 0. The van der Waals surface area contributed by atoms with E-state index in [1.54, 1.807) is 48.5 Å². The average molecular weight is 445 g/mol. The second-order valence-corrected chi connectivity index (χ2v) is 9.43. The molecule has 6 nitrogen and oxygen atoms in total. The highest BCUT2D eigenvalue weighted by Gasteiger charge is 2.56. The monoisotopic (exact) mass is 444 g/mol. The number of imide groups is 1. The van der Waals surface area contributed by atoms with Gasteiger partial charge in [-0.2, -0.15) is 0 Å². The van der Waals surface area contributed by atoms with Crippen LogP contribution in [0.2, 0.25) is 5.02 Å². The minimum Gasteiger partial charge on any atom is -0.508 e. The molecule has 5 rings (SSSR count). The summed E-state index contributed by atoms with van der Waals surface area (Å²) in [4.78, 5) is 43.2. The van der Waals surface area contributed by atoms with E-state index in [0.29, 0.717) is 15.7 Å². The van der Waals surface area contributed by atoms with Crippen LogP contribution in [0.25, 0.3) is 0 Å². The number of phenols is 1. The number of benzene rings is 2. The number of aromatic nitrogens is 1. The number of amides is 2. The molecule has 0 saturated carbocycles. The van der Waals surface area contributed by atoms with E-state index < -0.39 is 17.1 Å². The van der Waals surface area contributed by atoms with Crippen molar-refractivity contribution in [2.24, 2.45) is 5.92 Å². The van der Waals surface area contributed by atoms with Gasteiger partial charge in [0.25, 0.3) is 0 Å². The van der Waals surface area contributed by atoms with Crippen LogP contribution in [0, 0.1) is 5.92 Å². The number of thioether (sulfide) groups is 1. The van der Waals surface area contributed by atoms with Gasteiger partial charge in [-0.1, -0.05) is 46.8 Å². The Morgan fingerprint density at radius 2 is 1.66 bits per heavy atom. The Kier molecular flexibility index (Phi) is 4.31. The maximum Gasteiger partial charge on any atom is 0.305 e. The number of nitrogens with one attached hydrogen (secondary N) is 1. The van der Waals surface area contributed by atoms with Gasteiger partial charge in [-0.3, -0.25) is 14.4 Å². The van der Waals surface area contributed by atoms with Gasteiger partial charge < -0.3 is 10.1 Å². The van der Waals surface area contributed by atoms with E-state index in [4.69, 9.17) is 11.6 Å². The van der Waals surface area contributed by atoms with Gasteiger partial charge in [0, 0.05) is 15.8 Å². The van der Waals surface area contributed by atoms with Crippen molar-refractivity contribution in [2.75, 3.05) is 4.90 Å². The minimum absolute atomic E-state index is 0.106. The van der Waals surface area contributed by atoms with Crippen molar-refractivity contribution >= 4 is 52.2 Å². The topological polar surface area (TPSA) is 90.5 Å². The van der Waals surface area contributed by atoms with Crippen LogP contribution in [-0.4, -0.2) is 27.2 Å². The molecule has 9 heteroatoms. The molecular weight excluding hydrogens is 432 g/mol. The van der Waals surface area contributed by atoms with Crippen LogP contribution in [0.5, 0.6) is 5.75 Å². The standard InChI is InChI=1S/C20H13ClN2O4S2/c21-10-3-5-11(6-4-10)23-18(25)14-13(9-1-7-12(24)8-2-9)15-17(22-20(27)29-15)28-16(14)19(23)26/h1-8,13-14,16,24H,(H,22,27)/t13-,14-,16+/m1/s1. The first-order chi connectivity index (χ1) is 13.9. The SMILES string of the molecule is O=C1[C@@H]2[C@@H](c3ccc(O)cc3)c3sc(=O)[nH]c3S[C@@H]2C(=O)N1c1ccc(Cl)cc1. The van der Waals surface area contributed by atoms with Crippen LogP contribution in [0.1, 0.15) is 16.4 Å². The van der Waals surface area contributed by atoms with Crippen LogP contribution in [0.4, 0.5) is 5.69 Å². The molecule has 3 atom stereocenters. The second-order valence-electron chi connectivity index (χ2n) is 6.83. The number of aromatic amines is 1. The summed E-state index contributed by atoms with van der Waals surface area (Å²) in [5, 5.41) is 10.1. The second kappa shape index (κ2) is 6.76. The first-order valence-corrected chi connectivity index (χ1v) is 10.8. The summed E-state index contributed by atoms with van der Waals surface area (Å²) in [5.74, 6) is -1.61. The lowest BCUT2D eigenvalue weighted by molar-refractivity contribution is -0.122. The molecule has 29 heavy (non-hydrogen) atoms. The van der Waals surface area contributed by atoms with Gasteiger partial charge in [0.05, 0.1) is 16.6 Å². The number of fused-ring (bicyclic) bond motifs is 2. The van der Waals surface area contributed by atoms with E-state index in [9.17, 15) is 19.5 Å². The summed E-state index contributed by atoms with van der Waals surface area (Å²) >= 11 is 8.23.